The molecule has 1 atom stereocenters. The van der Waals surface area contributed by atoms with E-state index in [1.807, 2.05) is 48.5 Å². The third kappa shape index (κ3) is 3.94. The van der Waals surface area contributed by atoms with Crippen molar-refractivity contribution < 1.29 is 14.7 Å². The van der Waals surface area contributed by atoms with Crippen molar-refractivity contribution >= 4 is 17.4 Å². The molecule has 0 aromatic heterocycles. The molecule has 0 radical (unpaired) electrons. The molecule has 5 nitrogen and oxygen atoms in total. The van der Waals surface area contributed by atoms with Gasteiger partial charge in [-0.15, -0.1) is 0 Å². The molecule has 0 fully saturated rings. The summed E-state index contributed by atoms with van der Waals surface area (Å²) in [6.07, 6.45) is 0.252. The molecule has 1 aliphatic heterocycles. The molecule has 0 bridgehead atoms. The molecule has 1 amide bonds. The number of hydrazone groups is 1. The van der Waals surface area contributed by atoms with Crippen LogP contribution in [-0.4, -0.2) is 34.1 Å². The van der Waals surface area contributed by atoms with Gasteiger partial charge in [0.15, 0.2) is 5.78 Å². The highest BCUT2D eigenvalue weighted by molar-refractivity contribution is 6.09. The lowest BCUT2D eigenvalue weighted by atomic mass is 9.91. The summed E-state index contributed by atoms with van der Waals surface area (Å²) in [5, 5.41) is 15.9. The minimum absolute atomic E-state index is 0.0103. The summed E-state index contributed by atoms with van der Waals surface area (Å²) in [4.78, 5) is 25.7. The van der Waals surface area contributed by atoms with Crippen molar-refractivity contribution in [3.05, 3.63) is 102 Å². The molecule has 3 aromatic rings. The number of carbonyl (C=O) groups is 2. The molecule has 1 heterocycles. The number of para-hydroxylation sites is 1. The summed E-state index contributed by atoms with van der Waals surface area (Å²) in [6, 6.07) is 25.1. The monoisotopic (exact) mass is 384 g/mol. The summed E-state index contributed by atoms with van der Waals surface area (Å²) >= 11 is 0. The number of phenols is 1. The van der Waals surface area contributed by atoms with Crippen molar-refractivity contribution in [1.82, 2.24) is 5.01 Å². The molecule has 1 aliphatic rings. The SMILES string of the molecule is O=C(C[C@@H]1CN(C(=O)c2ccccc2O)N=C1c1ccccc1)c1ccccc1. The van der Waals surface area contributed by atoms with Crippen molar-refractivity contribution in [3.8, 4) is 5.75 Å². The molecule has 4 rings (SSSR count). The number of carbonyl (C=O) groups excluding carboxylic acids is 2. The maximum Gasteiger partial charge on any atom is 0.277 e. The first-order valence-corrected chi connectivity index (χ1v) is 9.45. The van der Waals surface area contributed by atoms with Gasteiger partial charge in [-0.05, 0) is 17.7 Å². The van der Waals surface area contributed by atoms with Gasteiger partial charge in [0.2, 0.25) is 0 Å². The van der Waals surface area contributed by atoms with Crippen LogP contribution in [0.4, 0.5) is 0 Å². The molecule has 29 heavy (non-hydrogen) atoms. The maximum atomic E-state index is 12.9. The largest absolute Gasteiger partial charge is 0.507 e. The van der Waals surface area contributed by atoms with Crippen molar-refractivity contribution in [2.75, 3.05) is 6.54 Å². The van der Waals surface area contributed by atoms with E-state index in [9.17, 15) is 14.7 Å². The normalized spacial score (nSPS) is 15.8. The molecule has 144 valence electrons. The highest BCUT2D eigenvalue weighted by atomic mass is 16.3. The zero-order valence-corrected chi connectivity index (χ0v) is 15.7. The molecule has 0 aliphatic carbocycles. The molecule has 3 aromatic carbocycles. The van der Waals surface area contributed by atoms with Crippen LogP contribution >= 0.6 is 0 Å². The lowest BCUT2D eigenvalue weighted by molar-refractivity contribution is 0.0757. The number of aromatic hydroxyl groups is 1. The van der Waals surface area contributed by atoms with Crippen LogP contribution in [0.5, 0.6) is 5.75 Å². The highest BCUT2D eigenvalue weighted by Crippen LogP contribution is 2.27. The Bertz CT molecular complexity index is 1060. The third-order valence-corrected chi connectivity index (χ3v) is 4.97. The van der Waals surface area contributed by atoms with Crippen LogP contribution in [0.25, 0.3) is 0 Å². The zero-order chi connectivity index (χ0) is 20.2. The van der Waals surface area contributed by atoms with E-state index in [2.05, 4.69) is 5.10 Å². The van der Waals surface area contributed by atoms with Gasteiger partial charge >= 0.3 is 0 Å². The molecule has 0 unspecified atom stereocenters. The number of nitrogens with zero attached hydrogens (tertiary/aromatic N) is 2. The molecule has 1 N–H and O–H groups in total. The summed E-state index contributed by atoms with van der Waals surface area (Å²) in [5.41, 5.74) is 2.42. The van der Waals surface area contributed by atoms with E-state index < -0.39 is 0 Å². The van der Waals surface area contributed by atoms with Gasteiger partial charge in [-0.1, -0.05) is 72.8 Å². The second-order valence-corrected chi connectivity index (χ2v) is 6.95. The van der Waals surface area contributed by atoms with E-state index in [1.54, 1.807) is 30.3 Å². The fraction of sp³-hybridized carbons (Fsp3) is 0.125. The van der Waals surface area contributed by atoms with Gasteiger partial charge in [0.1, 0.15) is 5.75 Å². The van der Waals surface area contributed by atoms with Crippen LogP contribution in [0.2, 0.25) is 0 Å². The first-order chi connectivity index (χ1) is 14.1. The number of benzene rings is 3. The Labute approximate surface area is 168 Å². The zero-order valence-electron chi connectivity index (χ0n) is 15.7. The predicted molar refractivity (Wildman–Crippen MR) is 111 cm³/mol. The summed E-state index contributed by atoms with van der Waals surface area (Å²) < 4.78 is 0. The van der Waals surface area contributed by atoms with E-state index >= 15 is 0 Å². The topological polar surface area (TPSA) is 70.0 Å². The van der Waals surface area contributed by atoms with E-state index in [1.165, 1.54) is 11.1 Å². The molecule has 0 saturated heterocycles. The Morgan fingerprint density at radius 2 is 1.52 bits per heavy atom. The standard InChI is InChI=1S/C24H20N2O3/c27-21-14-8-7-13-20(21)24(29)26-16-19(15-22(28)17-9-3-1-4-10-17)23(25-26)18-11-5-2-6-12-18/h1-14,19,27H,15-16H2/t19-/m1/s1. The predicted octanol–water partition coefficient (Wildman–Crippen LogP) is 4.14. The van der Waals surface area contributed by atoms with Gasteiger partial charge in [-0.3, -0.25) is 9.59 Å². The first kappa shape index (κ1) is 18.6. The Balaban J connectivity index is 1.63. The summed E-state index contributed by atoms with van der Waals surface area (Å²) in [6.45, 7) is 0.288. The van der Waals surface area contributed by atoms with Gasteiger partial charge in [-0.25, -0.2) is 5.01 Å². The van der Waals surface area contributed by atoms with Crippen molar-refractivity contribution in [1.29, 1.82) is 0 Å². The minimum atomic E-state index is -0.383. The average molecular weight is 384 g/mol. The van der Waals surface area contributed by atoms with Crippen LogP contribution in [0.15, 0.2) is 90.0 Å². The lowest BCUT2D eigenvalue weighted by Gasteiger charge is -2.15. The number of ketones is 1. The van der Waals surface area contributed by atoms with Gasteiger partial charge in [-0.2, -0.15) is 5.10 Å². The quantitative estimate of drug-likeness (QED) is 0.672. The van der Waals surface area contributed by atoms with Crippen LogP contribution in [0, 0.1) is 5.92 Å². The van der Waals surface area contributed by atoms with Crippen LogP contribution in [0.3, 0.4) is 0 Å². The Kier molecular flexibility index (Phi) is 5.20. The van der Waals surface area contributed by atoms with Crippen molar-refractivity contribution in [3.63, 3.8) is 0 Å². The second kappa shape index (κ2) is 8.10. The second-order valence-electron chi connectivity index (χ2n) is 6.95. The van der Waals surface area contributed by atoms with E-state index in [0.717, 1.165) is 5.56 Å². The van der Waals surface area contributed by atoms with Gasteiger partial charge in [0, 0.05) is 17.9 Å². The molecule has 5 heteroatoms. The molecular weight excluding hydrogens is 364 g/mol. The number of phenolic OH excluding ortho intramolecular Hbond substituents is 1. The average Bonchev–Trinajstić information content (AvgIpc) is 3.18. The molecule has 0 saturated carbocycles. The van der Waals surface area contributed by atoms with Gasteiger partial charge in [0.25, 0.3) is 5.91 Å². The Morgan fingerprint density at radius 1 is 0.897 bits per heavy atom. The third-order valence-electron chi connectivity index (χ3n) is 4.97. The molecule has 0 spiro atoms. The van der Waals surface area contributed by atoms with Crippen molar-refractivity contribution in [2.24, 2.45) is 11.0 Å². The van der Waals surface area contributed by atoms with Crippen LogP contribution in [0.1, 0.15) is 32.7 Å². The van der Waals surface area contributed by atoms with E-state index in [-0.39, 0.29) is 41.9 Å². The number of Topliss-reactive ketones (excluding diaryl/α,β-unsaturated/α-hetero) is 1. The van der Waals surface area contributed by atoms with Gasteiger partial charge < -0.3 is 5.11 Å². The van der Waals surface area contributed by atoms with E-state index in [0.29, 0.717) is 11.3 Å². The van der Waals surface area contributed by atoms with Crippen LogP contribution < -0.4 is 0 Å². The van der Waals surface area contributed by atoms with E-state index in [4.69, 9.17) is 0 Å². The smallest absolute Gasteiger partial charge is 0.277 e. The fourth-order valence-corrected chi connectivity index (χ4v) is 3.50. The lowest BCUT2D eigenvalue weighted by Crippen LogP contribution is -2.27. The minimum Gasteiger partial charge on any atom is -0.507 e. The number of hydrogen-bond donors (Lipinski definition) is 1. The van der Waals surface area contributed by atoms with Crippen LogP contribution in [-0.2, 0) is 0 Å². The molecular formula is C24H20N2O3. The Hall–Kier alpha value is -3.73. The number of rotatable bonds is 5. The Morgan fingerprint density at radius 3 is 2.21 bits per heavy atom. The summed E-state index contributed by atoms with van der Waals surface area (Å²) in [7, 11) is 0. The first-order valence-electron chi connectivity index (χ1n) is 9.45. The fourth-order valence-electron chi connectivity index (χ4n) is 3.50. The number of hydrogen-bond acceptors (Lipinski definition) is 4. The summed E-state index contributed by atoms with van der Waals surface area (Å²) in [5.74, 6) is -0.681. The highest BCUT2D eigenvalue weighted by Gasteiger charge is 2.33. The van der Waals surface area contributed by atoms with Crippen molar-refractivity contribution in [2.45, 2.75) is 6.42 Å². The maximum absolute atomic E-state index is 12.9. The number of amides is 1. The van der Waals surface area contributed by atoms with Gasteiger partial charge in [0.05, 0.1) is 17.8 Å².